The van der Waals surface area contributed by atoms with Crippen molar-refractivity contribution in [2.75, 3.05) is 7.11 Å². The van der Waals surface area contributed by atoms with E-state index >= 15 is 0 Å². The van der Waals surface area contributed by atoms with Gasteiger partial charge in [-0.25, -0.2) is 4.98 Å². The van der Waals surface area contributed by atoms with E-state index in [4.69, 9.17) is 4.74 Å². The molecule has 0 saturated carbocycles. The number of nitrogens with one attached hydrogen (secondary N) is 1. The van der Waals surface area contributed by atoms with Crippen LogP contribution in [0.1, 0.15) is 17.0 Å². The highest BCUT2D eigenvalue weighted by molar-refractivity contribution is 7.97. The average molecular weight is 409 g/mol. The number of aromatic amines is 1. The second-order valence-electron chi connectivity index (χ2n) is 6.51. The molecule has 4 rings (SSSR count). The first-order valence-electron chi connectivity index (χ1n) is 8.93. The smallest absolute Gasteiger partial charge is 0.260 e. The molecular weight excluding hydrogens is 388 g/mol. The first-order chi connectivity index (χ1) is 13.7. The van der Waals surface area contributed by atoms with Crippen LogP contribution in [0.4, 0.5) is 0 Å². The molecule has 4 nitrogen and oxygen atoms in total. The molecule has 0 atom stereocenters. The van der Waals surface area contributed by atoms with Gasteiger partial charge in [0.05, 0.1) is 18.2 Å². The number of aryl methyl sites for hydroxylation is 1. The van der Waals surface area contributed by atoms with Crippen molar-refractivity contribution >= 4 is 33.3 Å². The van der Waals surface area contributed by atoms with Gasteiger partial charge < -0.3 is 9.72 Å². The normalized spacial score (nSPS) is 11.1. The van der Waals surface area contributed by atoms with Crippen LogP contribution in [0.2, 0.25) is 0 Å². The van der Waals surface area contributed by atoms with E-state index in [1.807, 2.05) is 35.7 Å². The van der Waals surface area contributed by atoms with Crippen LogP contribution in [0.25, 0.3) is 21.3 Å². The highest BCUT2D eigenvalue weighted by Gasteiger charge is 2.13. The number of para-hydroxylation sites is 1. The quantitative estimate of drug-likeness (QED) is 0.464. The van der Waals surface area contributed by atoms with Crippen molar-refractivity contribution in [3.63, 3.8) is 0 Å². The number of benzene rings is 2. The number of H-pyrrole nitrogens is 1. The van der Waals surface area contributed by atoms with E-state index in [9.17, 15) is 4.79 Å². The molecule has 0 spiro atoms. The lowest BCUT2D eigenvalue weighted by Gasteiger charge is -2.07. The Bertz CT molecular complexity index is 1160. The number of fused-ring (bicyclic) bond motifs is 1. The summed E-state index contributed by atoms with van der Waals surface area (Å²) in [5.74, 6) is 3.02. The number of thiophene rings is 1. The van der Waals surface area contributed by atoms with Gasteiger partial charge in [0, 0.05) is 22.3 Å². The minimum atomic E-state index is -0.0743. The summed E-state index contributed by atoms with van der Waals surface area (Å²) >= 11 is 3.22. The number of hydrogen-bond donors (Lipinski definition) is 1. The van der Waals surface area contributed by atoms with Gasteiger partial charge in [-0.3, -0.25) is 4.79 Å². The molecule has 0 amide bonds. The van der Waals surface area contributed by atoms with Crippen molar-refractivity contribution in [2.45, 2.75) is 18.4 Å². The van der Waals surface area contributed by atoms with Crippen LogP contribution >= 0.6 is 23.1 Å². The molecule has 0 aliphatic heterocycles. The second-order valence-corrected chi connectivity index (χ2v) is 8.36. The van der Waals surface area contributed by atoms with Crippen LogP contribution in [0.3, 0.4) is 0 Å². The van der Waals surface area contributed by atoms with Gasteiger partial charge in [-0.1, -0.05) is 48.0 Å². The molecule has 2 aromatic carbocycles. The fourth-order valence-electron chi connectivity index (χ4n) is 3.09. The molecule has 6 heteroatoms. The van der Waals surface area contributed by atoms with Gasteiger partial charge in [0.25, 0.3) is 5.56 Å². The Morgan fingerprint density at radius 2 is 1.89 bits per heavy atom. The third-order valence-electron chi connectivity index (χ3n) is 4.54. The molecule has 0 aliphatic rings. The van der Waals surface area contributed by atoms with Crippen molar-refractivity contribution in [3.05, 3.63) is 81.2 Å². The molecule has 2 aromatic heterocycles. The van der Waals surface area contributed by atoms with Gasteiger partial charge in [-0.15, -0.1) is 23.1 Å². The molecule has 142 valence electrons. The molecule has 0 aliphatic carbocycles. The van der Waals surface area contributed by atoms with Gasteiger partial charge in [-0.2, -0.15) is 0 Å². The van der Waals surface area contributed by atoms with Crippen molar-refractivity contribution in [3.8, 4) is 16.9 Å². The highest BCUT2D eigenvalue weighted by Crippen LogP contribution is 2.31. The summed E-state index contributed by atoms with van der Waals surface area (Å²) in [7, 11) is 1.68. The van der Waals surface area contributed by atoms with Crippen molar-refractivity contribution in [1.29, 1.82) is 0 Å². The minimum absolute atomic E-state index is 0.0743. The number of methoxy groups -OCH3 is 1. The van der Waals surface area contributed by atoms with Gasteiger partial charge in [0.15, 0.2) is 0 Å². The van der Waals surface area contributed by atoms with E-state index in [0.717, 1.165) is 33.0 Å². The van der Waals surface area contributed by atoms with Crippen molar-refractivity contribution in [1.82, 2.24) is 9.97 Å². The Labute approximate surface area is 171 Å². The zero-order valence-electron chi connectivity index (χ0n) is 15.7. The van der Waals surface area contributed by atoms with Crippen LogP contribution < -0.4 is 10.3 Å². The minimum Gasteiger partial charge on any atom is -0.496 e. The first-order valence-corrected chi connectivity index (χ1v) is 11.0. The third kappa shape index (κ3) is 3.84. The summed E-state index contributed by atoms with van der Waals surface area (Å²) in [5, 5.41) is 2.69. The Morgan fingerprint density at radius 3 is 2.68 bits per heavy atom. The number of nitrogens with zero attached hydrogens (tertiary/aromatic N) is 1. The molecule has 28 heavy (non-hydrogen) atoms. The van der Waals surface area contributed by atoms with E-state index in [1.54, 1.807) is 18.9 Å². The molecule has 1 N–H and O–H groups in total. The zero-order valence-corrected chi connectivity index (χ0v) is 17.3. The SMILES string of the molecule is COc1ccccc1CSCc1nc2scc(-c3ccc(C)cc3)c2c(=O)[nH]1. The molecule has 2 heterocycles. The number of hydrogen-bond acceptors (Lipinski definition) is 5. The van der Waals surface area contributed by atoms with Gasteiger partial charge >= 0.3 is 0 Å². The average Bonchev–Trinajstić information content (AvgIpc) is 3.13. The van der Waals surface area contributed by atoms with Crippen molar-refractivity contribution < 1.29 is 4.74 Å². The molecule has 0 saturated heterocycles. The lowest BCUT2D eigenvalue weighted by Crippen LogP contribution is -2.10. The first kappa shape index (κ1) is 18.8. The van der Waals surface area contributed by atoms with E-state index in [0.29, 0.717) is 17.0 Å². The topological polar surface area (TPSA) is 55.0 Å². The summed E-state index contributed by atoms with van der Waals surface area (Å²) in [6, 6.07) is 16.2. The van der Waals surface area contributed by atoms with E-state index in [-0.39, 0.29) is 5.56 Å². The summed E-state index contributed by atoms with van der Waals surface area (Å²) in [6.45, 7) is 2.05. The van der Waals surface area contributed by atoms with E-state index < -0.39 is 0 Å². The lowest BCUT2D eigenvalue weighted by molar-refractivity contribution is 0.411. The molecule has 0 bridgehead atoms. The summed E-state index contributed by atoms with van der Waals surface area (Å²) in [4.78, 5) is 21.2. The maximum atomic E-state index is 12.7. The monoisotopic (exact) mass is 408 g/mol. The fourth-order valence-corrected chi connectivity index (χ4v) is 4.94. The fraction of sp³-hybridized carbons (Fsp3) is 0.182. The van der Waals surface area contributed by atoms with Crippen LogP contribution in [-0.4, -0.2) is 17.1 Å². The zero-order chi connectivity index (χ0) is 19.5. The summed E-state index contributed by atoms with van der Waals surface area (Å²) in [6.07, 6.45) is 0. The Morgan fingerprint density at radius 1 is 1.11 bits per heavy atom. The number of aromatic nitrogens is 2. The maximum Gasteiger partial charge on any atom is 0.260 e. The third-order valence-corrected chi connectivity index (χ3v) is 6.41. The maximum absolute atomic E-state index is 12.7. The van der Waals surface area contributed by atoms with Gasteiger partial charge in [0.2, 0.25) is 0 Å². The number of rotatable bonds is 6. The second kappa shape index (κ2) is 8.20. The molecule has 0 radical (unpaired) electrons. The predicted molar refractivity (Wildman–Crippen MR) is 118 cm³/mol. The van der Waals surface area contributed by atoms with Gasteiger partial charge in [0.1, 0.15) is 16.4 Å². The standard InChI is InChI=1S/C22H20N2O2S2/c1-14-7-9-15(10-8-14)17-12-28-22-20(17)21(25)23-19(24-22)13-27-11-16-5-3-4-6-18(16)26-2/h3-10,12H,11,13H2,1-2H3,(H,23,24,25). The molecule has 0 fully saturated rings. The number of ether oxygens (including phenoxy) is 1. The van der Waals surface area contributed by atoms with Crippen LogP contribution in [-0.2, 0) is 11.5 Å². The van der Waals surface area contributed by atoms with Crippen LogP contribution in [0.5, 0.6) is 5.75 Å². The van der Waals surface area contributed by atoms with Gasteiger partial charge in [-0.05, 0) is 18.6 Å². The Balaban J connectivity index is 1.55. The largest absolute Gasteiger partial charge is 0.496 e. The Kier molecular flexibility index (Phi) is 5.50. The number of thioether (sulfide) groups is 1. The summed E-state index contributed by atoms with van der Waals surface area (Å²) < 4.78 is 5.39. The molecular formula is C22H20N2O2S2. The van der Waals surface area contributed by atoms with Crippen LogP contribution in [0, 0.1) is 6.92 Å². The van der Waals surface area contributed by atoms with E-state index in [1.165, 1.54) is 16.9 Å². The molecule has 4 aromatic rings. The van der Waals surface area contributed by atoms with Crippen molar-refractivity contribution in [2.24, 2.45) is 0 Å². The summed E-state index contributed by atoms with van der Waals surface area (Å²) in [5.41, 5.74) is 4.25. The van der Waals surface area contributed by atoms with Crippen LogP contribution in [0.15, 0.2) is 58.7 Å². The van der Waals surface area contributed by atoms with E-state index in [2.05, 4.69) is 35.1 Å². The highest BCUT2D eigenvalue weighted by atomic mass is 32.2. The Hall–Kier alpha value is -2.57. The molecule has 0 unspecified atom stereocenters. The predicted octanol–water partition coefficient (Wildman–Crippen LogP) is 5.40. The lowest BCUT2D eigenvalue weighted by atomic mass is 10.1.